The summed E-state index contributed by atoms with van der Waals surface area (Å²) in [4.78, 5) is 13.6. The number of nitrogens with zero attached hydrogens (tertiary/aromatic N) is 3. The molecule has 84 valence electrons. The average Bonchev–Trinajstić information content (AvgIpc) is 2.74. The first-order valence-corrected chi connectivity index (χ1v) is 5.06. The van der Waals surface area contributed by atoms with Crippen LogP contribution < -0.4 is 5.32 Å². The molecular weight excluding hydrogens is 208 g/mol. The fourth-order valence-electron chi connectivity index (χ4n) is 1.69. The average molecular weight is 220 g/mol. The van der Waals surface area contributed by atoms with Crippen LogP contribution in [0.3, 0.4) is 0 Å². The SMILES string of the molecule is Cc1cnoc1C(=O)N1CCNCC1C#N. The maximum Gasteiger partial charge on any atom is 0.293 e. The highest BCUT2D eigenvalue weighted by Gasteiger charge is 2.30. The topological polar surface area (TPSA) is 82.2 Å². The van der Waals surface area contributed by atoms with Crippen LogP contribution in [0.25, 0.3) is 0 Å². The van der Waals surface area contributed by atoms with Crippen LogP contribution in [-0.4, -0.2) is 41.6 Å². The summed E-state index contributed by atoms with van der Waals surface area (Å²) in [5.41, 5.74) is 0.695. The third-order valence-electron chi connectivity index (χ3n) is 2.60. The Morgan fingerprint density at radius 1 is 1.81 bits per heavy atom. The van der Waals surface area contributed by atoms with Crippen molar-refractivity contribution < 1.29 is 9.32 Å². The van der Waals surface area contributed by atoms with Crippen molar-refractivity contribution in [3.8, 4) is 6.07 Å². The minimum atomic E-state index is -0.439. The molecule has 0 saturated carbocycles. The summed E-state index contributed by atoms with van der Waals surface area (Å²) >= 11 is 0. The largest absolute Gasteiger partial charge is 0.351 e. The number of aromatic nitrogens is 1. The minimum Gasteiger partial charge on any atom is -0.351 e. The standard InChI is InChI=1S/C10H12N4O2/c1-7-5-13-16-9(7)10(15)14-3-2-12-6-8(14)4-11/h5,8,12H,2-3,6H2,1H3. The number of rotatable bonds is 1. The van der Waals surface area contributed by atoms with Crippen molar-refractivity contribution in [2.75, 3.05) is 19.6 Å². The first kappa shape index (κ1) is 10.6. The zero-order valence-corrected chi connectivity index (χ0v) is 8.93. The van der Waals surface area contributed by atoms with Crippen LogP contribution in [0.4, 0.5) is 0 Å². The third kappa shape index (κ3) is 1.77. The Morgan fingerprint density at radius 3 is 3.25 bits per heavy atom. The van der Waals surface area contributed by atoms with Crippen molar-refractivity contribution in [3.05, 3.63) is 17.5 Å². The highest BCUT2D eigenvalue weighted by molar-refractivity contribution is 5.93. The van der Waals surface area contributed by atoms with Crippen molar-refractivity contribution in [2.45, 2.75) is 13.0 Å². The second-order valence-corrected chi connectivity index (χ2v) is 3.69. The number of hydrogen-bond acceptors (Lipinski definition) is 5. The summed E-state index contributed by atoms with van der Waals surface area (Å²) in [6, 6.07) is 1.66. The summed E-state index contributed by atoms with van der Waals surface area (Å²) in [7, 11) is 0. The molecule has 0 spiro atoms. The van der Waals surface area contributed by atoms with Gasteiger partial charge in [-0.3, -0.25) is 4.79 Å². The molecule has 1 atom stereocenters. The summed E-state index contributed by atoms with van der Waals surface area (Å²) < 4.78 is 4.90. The van der Waals surface area contributed by atoms with E-state index in [-0.39, 0.29) is 11.7 Å². The summed E-state index contributed by atoms with van der Waals surface area (Å²) in [6.07, 6.45) is 1.50. The fraction of sp³-hybridized carbons (Fsp3) is 0.500. The third-order valence-corrected chi connectivity index (χ3v) is 2.60. The lowest BCUT2D eigenvalue weighted by atomic mass is 10.2. The number of nitriles is 1. The van der Waals surface area contributed by atoms with Crippen molar-refractivity contribution in [1.82, 2.24) is 15.4 Å². The molecule has 1 fully saturated rings. The molecular formula is C10H12N4O2. The monoisotopic (exact) mass is 220 g/mol. The number of amides is 1. The molecule has 2 heterocycles. The number of carbonyl (C=O) groups excluding carboxylic acids is 1. The normalized spacial score (nSPS) is 20.5. The molecule has 0 radical (unpaired) electrons. The lowest BCUT2D eigenvalue weighted by Gasteiger charge is -2.31. The van der Waals surface area contributed by atoms with Gasteiger partial charge in [-0.15, -0.1) is 0 Å². The van der Waals surface area contributed by atoms with E-state index in [2.05, 4.69) is 16.5 Å². The van der Waals surface area contributed by atoms with Crippen molar-refractivity contribution in [3.63, 3.8) is 0 Å². The summed E-state index contributed by atoms with van der Waals surface area (Å²) in [5, 5.41) is 15.6. The van der Waals surface area contributed by atoms with E-state index in [9.17, 15) is 4.79 Å². The van der Waals surface area contributed by atoms with Crippen LogP contribution in [-0.2, 0) is 0 Å². The van der Waals surface area contributed by atoms with E-state index in [0.717, 1.165) is 0 Å². The van der Waals surface area contributed by atoms with Gasteiger partial charge in [-0.05, 0) is 6.92 Å². The van der Waals surface area contributed by atoms with Crippen molar-refractivity contribution >= 4 is 5.91 Å². The van der Waals surface area contributed by atoms with Gasteiger partial charge in [-0.1, -0.05) is 5.16 Å². The van der Waals surface area contributed by atoms with Crippen molar-refractivity contribution in [2.24, 2.45) is 0 Å². The van der Waals surface area contributed by atoms with Crippen LogP contribution in [0.5, 0.6) is 0 Å². The smallest absolute Gasteiger partial charge is 0.293 e. The first-order valence-electron chi connectivity index (χ1n) is 5.06. The van der Waals surface area contributed by atoms with Crippen LogP contribution in [0.2, 0.25) is 0 Å². The van der Waals surface area contributed by atoms with Gasteiger partial charge in [0, 0.05) is 25.2 Å². The molecule has 6 heteroatoms. The summed E-state index contributed by atoms with van der Waals surface area (Å²) in [5.74, 6) is -0.0369. The zero-order chi connectivity index (χ0) is 11.5. The molecule has 0 aromatic carbocycles. The van der Waals surface area contributed by atoms with Gasteiger partial charge in [0.15, 0.2) is 0 Å². The minimum absolute atomic E-state index is 0.224. The maximum atomic E-state index is 12.1. The van der Waals surface area contributed by atoms with Gasteiger partial charge in [0.2, 0.25) is 5.76 Å². The van der Waals surface area contributed by atoms with E-state index in [1.807, 2.05) is 0 Å². The van der Waals surface area contributed by atoms with E-state index < -0.39 is 6.04 Å². The molecule has 1 amide bonds. The van der Waals surface area contributed by atoms with Crippen LogP contribution in [0.1, 0.15) is 16.1 Å². The Morgan fingerprint density at radius 2 is 2.62 bits per heavy atom. The lowest BCUT2D eigenvalue weighted by Crippen LogP contribution is -2.53. The fourth-order valence-corrected chi connectivity index (χ4v) is 1.69. The molecule has 1 saturated heterocycles. The molecule has 6 nitrogen and oxygen atoms in total. The molecule has 1 aliphatic rings. The Kier molecular flexibility index (Phi) is 2.88. The second-order valence-electron chi connectivity index (χ2n) is 3.69. The van der Waals surface area contributed by atoms with E-state index in [0.29, 0.717) is 25.2 Å². The van der Waals surface area contributed by atoms with E-state index in [1.165, 1.54) is 11.1 Å². The van der Waals surface area contributed by atoms with Gasteiger partial charge >= 0.3 is 0 Å². The Bertz CT molecular complexity index is 434. The highest BCUT2D eigenvalue weighted by Crippen LogP contribution is 2.13. The van der Waals surface area contributed by atoms with Crippen molar-refractivity contribution in [1.29, 1.82) is 5.26 Å². The summed E-state index contributed by atoms with van der Waals surface area (Å²) in [6.45, 7) is 3.46. The number of aryl methyl sites for hydroxylation is 1. The van der Waals surface area contributed by atoms with Gasteiger partial charge < -0.3 is 14.7 Å². The second kappa shape index (κ2) is 4.33. The van der Waals surface area contributed by atoms with Gasteiger partial charge in [0.05, 0.1) is 12.3 Å². The van der Waals surface area contributed by atoms with Gasteiger partial charge in [-0.2, -0.15) is 5.26 Å². The maximum absolute atomic E-state index is 12.1. The Balaban J connectivity index is 2.21. The lowest BCUT2D eigenvalue weighted by molar-refractivity contribution is 0.0643. The highest BCUT2D eigenvalue weighted by atomic mass is 16.5. The number of carbonyl (C=O) groups is 1. The predicted octanol–water partition coefficient (Wildman–Crippen LogP) is -0.0794. The molecule has 1 aromatic heterocycles. The molecule has 0 aliphatic carbocycles. The van der Waals surface area contributed by atoms with Gasteiger partial charge in [0.1, 0.15) is 6.04 Å². The molecule has 1 aromatic rings. The molecule has 1 N–H and O–H groups in total. The zero-order valence-electron chi connectivity index (χ0n) is 8.93. The molecule has 2 rings (SSSR count). The van der Waals surface area contributed by atoms with Crippen LogP contribution in [0.15, 0.2) is 10.7 Å². The molecule has 1 aliphatic heterocycles. The predicted molar refractivity (Wildman–Crippen MR) is 54.5 cm³/mol. The molecule has 16 heavy (non-hydrogen) atoms. The number of piperazine rings is 1. The van der Waals surface area contributed by atoms with Crippen LogP contribution >= 0.6 is 0 Å². The first-order chi connectivity index (χ1) is 7.74. The quantitative estimate of drug-likeness (QED) is 0.715. The Hall–Kier alpha value is -1.87. The molecule has 1 unspecified atom stereocenters. The van der Waals surface area contributed by atoms with E-state index in [4.69, 9.17) is 9.78 Å². The van der Waals surface area contributed by atoms with E-state index in [1.54, 1.807) is 6.92 Å². The van der Waals surface area contributed by atoms with Gasteiger partial charge in [-0.25, -0.2) is 0 Å². The van der Waals surface area contributed by atoms with E-state index >= 15 is 0 Å². The van der Waals surface area contributed by atoms with Gasteiger partial charge in [0.25, 0.3) is 5.91 Å². The number of nitrogens with one attached hydrogen (secondary N) is 1. The molecule has 0 bridgehead atoms. The Labute approximate surface area is 92.8 Å². The number of hydrogen-bond donors (Lipinski definition) is 1. The van der Waals surface area contributed by atoms with Crippen LogP contribution in [0, 0.1) is 18.3 Å².